The lowest BCUT2D eigenvalue weighted by atomic mass is 10.1. The summed E-state index contributed by atoms with van der Waals surface area (Å²) >= 11 is 9.18. The Labute approximate surface area is 137 Å². The standard InChI is InChI=1S/C16H15BrClNO2/c1-11-3-2-4-12(7-11)9-19-16(20)10-21-15-6-5-13(18)8-14(15)17/h2-8H,9-10H2,1H3,(H,19,20). The molecule has 21 heavy (non-hydrogen) atoms. The molecule has 2 aromatic carbocycles. The number of halogens is 2. The molecular weight excluding hydrogens is 354 g/mol. The summed E-state index contributed by atoms with van der Waals surface area (Å²) < 4.78 is 6.17. The summed E-state index contributed by atoms with van der Waals surface area (Å²) in [4.78, 5) is 11.8. The Morgan fingerprint density at radius 3 is 2.81 bits per heavy atom. The third-order valence-electron chi connectivity index (χ3n) is 2.82. The van der Waals surface area contributed by atoms with Crippen LogP contribution in [0.2, 0.25) is 5.02 Å². The van der Waals surface area contributed by atoms with Crippen molar-refractivity contribution in [3.8, 4) is 5.75 Å². The van der Waals surface area contributed by atoms with E-state index in [1.807, 2.05) is 31.2 Å². The van der Waals surface area contributed by atoms with Gasteiger partial charge in [-0.2, -0.15) is 0 Å². The summed E-state index contributed by atoms with van der Waals surface area (Å²) in [5.74, 6) is 0.420. The monoisotopic (exact) mass is 367 g/mol. The number of carbonyl (C=O) groups is 1. The number of hydrogen-bond donors (Lipinski definition) is 1. The van der Waals surface area contributed by atoms with Gasteiger partial charge in [0.05, 0.1) is 4.47 Å². The van der Waals surface area contributed by atoms with Crippen LogP contribution in [-0.2, 0) is 11.3 Å². The third kappa shape index (κ3) is 5.06. The van der Waals surface area contributed by atoms with Crippen molar-refractivity contribution in [2.24, 2.45) is 0 Å². The van der Waals surface area contributed by atoms with E-state index in [4.69, 9.17) is 16.3 Å². The van der Waals surface area contributed by atoms with Crippen LogP contribution in [0, 0.1) is 6.92 Å². The summed E-state index contributed by atoms with van der Waals surface area (Å²) in [6.07, 6.45) is 0. The molecule has 0 aromatic heterocycles. The second kappa shape index (κ2) is 7.48. The summed E-state index contributed by atoms with van der Waals surface area (Å²) in [5, 5.41) is 3.43. The number of aryl methyl sites for hydroxylation is 1. The van der Waals surface area contributed by atoms with Crippen molar-refractivity contribution in [2.45, 2.75) is 13.5 Å². The lowest BCUT2D eigenvalue weighted by Gasteiger charge is -2.09. The minimum Gasteiger partial charge on any atom is -0.483 e. The van der Waals surface area contributed by atoms with Crippen molar-refractivity contribution in [1.29, 1.82) is 0 Å². The fourth-order valence-electron chi connectivity index (χ4n) is 1.81. The highest BCUT2D eigenvalue weighted by atomic mass is 79.9. The van der Waals surface area contributed by atoms with E-state index in [0.717, 1.165) is 10.0 Å². The summed E-state index contributed by atoms with van der Waals surface area (Å²) in [7, 11) is 0. The van der Waals surface area contributed by atoms with E-state index >= 15 is 0 Å². The molecule has 0 heterocycles. The molecule has 110 valence electrons. The van der Waals surface area contributed by atoms with Crippen LogP contribution in [0.3, 0.4) is 0 Å². The molecule has 0 atom stereocenters. The molecule has 0 saturated carbocycles. The van der Waals surface area contributed by atoms with Crippen LogP contribution < -0.4 is 10.1 Å². The van der Waals surface area contributed by atoms with Crippen molar-refractivity contribution in [3.63, 3.8) is 0 Å². The van der Waals surface area contributed by atoms with Gasteiger partial charge in [0, 0.05) is 11.6 Å². The Morgan fingerprint density at radius 2 is 2.10 bits per heavy atom. The Balaban J connectivity index is 1.82. The average molecular weight is 369 g/mol. The molecule has 0 saturated heterocycles. The van der Waals surface area contributed by atoms with Gasteiger partial charge >= 0.3 is 0 Å². The topological polar surface area (TPSA) is 38.3 Å². The number of ether oxygens (including phenoxy) is 1. The summed E-state index contributed by atoms with van der Waals surface area (Å²) in [6, 6.07) is 13.2. The molecule has 0 bridgehead atoms. The predicted octanol–water partition coefficient (Wildman–Crippen LogP) is 4.11. The fraction of sp³-hybridized carbons (Fsp3) is 0.188. The van der Waals surface area contributed by atoms with Gasteiger partial charge in [-0.1, -0.05) is 41.4 Å². The largest absolute Gasteiger partial charge is 0.483 e. The van der Waals surface area contributed by atoms with Crippen molar-refractivity contribution < 1.29 is 9.53 Å². The molecule has 0 fully saturated rings. The van der Waals surface area contributed by atoms with E-state index in [1.165, 1.54) is 5.56 Å². The van der Waals surface area contributed by atoms with Crippen LogP contribution in [0.5, 0.6) is 5.75 Å². The second-order valence-electron chi connectivity index (χ2n) is 4.63. The fourth-order valence-corrected chi connectivity index (χ4v) is 2.61. The highest BCUT2D eigenvalue weighted by Gasteiger charge is 2.06. The highest BCUT2D eigenvalue weighted by Crippen LogP contribution is 2.27. The van der Waals surface area contributed by atoms with Crippen LogP contribution in [0.25, 0.3) is 0 Å². The molecule has 5 heteroatoms. The van der Waals surface area contributed by atoms with E-state index in [1.54, 1.807) is 18.2 Å². The lowest BCUT2D eigenvalue weighted by Crippen LogP contribution is -2.28. The first-order valence-corrected chi connectivity index (χ1v) is 7.62. The van der Waals surface area contributed by atoms with Crippen LogP contribution in [-0.4, -0.2) is 12.5 Å². The number of nitrogens with one attached hydrogen (secondary N) is 1. The Morgan fingerprint density at radius 1 is 1.29 bits per heavy atom. The van der Waals surface area contributed by atoms with Gasteiger partial charge in [0.15, 0.2) is 6.61 Å². The van der Waals surface area contributed by atoms with Gasteiger partial charge in [0.2, 0.25) is 0 Å². The normalized spacial score (nSPS) is 10.2. The van der Waals surface area contributed by atoms with E-state index < -0.39 is 0 Å². The maximum absolute atomic E-state index is 11.8. The first-order chi connectivity index (χ1) is 10.0. The molecule has 0 aliphatic carbocycles. The molecule has 2 aromatic rings. The van der Waals surface area contributed by atoms with E-state index in [0.29, 0.717) is 17.3 Å². The van der Waals surface area contributed by atoms with Gasteiger partial charge < -0.3 is 10.1 Å². The molecular formula is C16H15BrClNO2. The number of hydrogen-bond acceptors (Lipinski definition) is 2. The molecule has 1 amide bonds. The molecule has 0 unspecified atom stereocenters. The average Bonchev–Trinajstić information content (AvgIpc) is 2.44. The smallest absolute Gasteiger partial charge is 0.258 e. The molecule has 0 radical (unpaired) electrons. The number of rotatable bonds is 5. The first kappa shape index (κ1) is 15.9. The Hall–Kier alpha value is -1.52. The number of benzene rings is 2. The minimum absolute atomic E-state index is 0.0357. The zero-order chi connectivity index (χ0) is 15.2. The third-order valence-corrected chi connectivity index (χ3v) is 3.68. The van der Waals surface area contributed by atoms with Gasteiger partial charge in [-0.15, -0.1) is 0 Å². The Kier molecular flexibility index (Phi) is 5.65. The van der Waals surface area contributed by atoms with E-state index in [9.17, 15) is 4.79 Å². The van der Waals surface area contributed by atoms with E-state index in [-0.39, 0.29) is 12.5 Å². The van der Waals surface area contributed by atoms with Gasteiger partial charge in [0.1, 0.15) is 5.75 Å². The quantitative estimate of drug-likeness (QED) is 0.862. The number of amides is 1. The zero-order valence-corrected chi connectivity index (χ0v) is 13.9. The molecule has 0 spiro atoms. The van der Waals surface area contributed by atoms with Gasteiger partial charge in [0.25, 0.3) is 5.91 Å². The molecule has 0 aliphatic heterocycles. The maximum Gasteiger partial charge on any atom is 0.258 e. The van der Waals surface area contributed by atoms with Crippen LogP contribution in [0.4, 0.5) is 0 Å². The molecule has 2 rings (SSSR count). The van der Waals surface area contributed by atoms with Crippen molar-refractivity contribution in [2.75, 3.05) is 6.61 Å². The molecule has 3 nitrogen and oxygen atoms in total. The summed E-state index contributed by atoms with van der Waals surface area (Å²) in [5.41, 5.74) is 2.24. The number of carbonyl (C=O) groups excluding carboxylic acids is 1. The van der Waals surface area contributed by atoms with Crippen LogP contribution >= 0.6 is 27.5 Å². The van der Waals surface area contributed by atoms with Crippen molar-refractivity contribution >= 4 is 33.4 Å². The van der Waals surface area contributed by atoms with Crippen LogP contribution in [0.15, 0.2) is 46.9 Å². The van der Waals surface area contributed by atoms with Crippen LogP contribution in [0.1, 0.15) is 11.1 Å². The molecule has 1 N–H and O–H groups in total. The van der Waals surface area contributed by atoms with Gasteiger partial charge in [-0.25, -0.2) is 0 Å². The minimum atomic E-state index is -0.168. The predicted molar refractivity (Wildman–Crippen MR) is 87.7 cm³/mol. The maximum atomic E-state index is 11.8. The highest BCUT2D eigenvalue weighted by molar-refractivity contribution is 9.10. The second-order valence-corrected chi connectivity index (χ2v) is 5.92. The van der Waals surface area contributed by atoms with Gasteiger partial charge in [-0.3, -0.25) is 4.79 Å². The first-order valence-electron chi connectivity index (χ1n) is 6.44. The zero-order valence-electron chi connectivity index (χ0n) is 11.5. The lowest BCUT2D eigenvalue weighted by molar-refractivity contribution is -0.123. The summed E-state index contributed by atoms with van der Waals surface area (Å²) in [6.45, 7) is 2.48. The van der Waals surface area contributed by atoms with Crippen molar-refractivity contribution in [3.05, 3.63) is 63.1 Å². The van der Waals surface area contributed by atoms with Crippen molar-refractivity contribution in [1.82, 2.24) is 5.32 Å². The van der Waals surface area contributed by atoms with Gasteiger partial charge in [-0.05, 0) is 46.6 Å². The Bertz CT molecular complexity index is 646. The van der Waals surface area contributed by atoms with E-state index in [2.05, 4.69) is 21.2 Å². The molecule has 0 aliphatic rings. The SMILES string of the molecule is Cc1cccc(CNC(=O)COc2ccc(Cl)cc2Br)c1.